The van der Waals surface area contributed by atoms with Crippen LogP contribution >= 0.6 is 0 Å². The zero-order valence-corrected chi connectivity index (χ0v) is 9.65. The molecular weight excluding hydrogens is 221 g/mol. The van der Waals surface area contributed by atoms with Crippen LogP contribution in [0.25, 0.3) is 0 Å². The van der Waals surface area contributed by atoms with Crippen molar-refractivity contribution >= 4 is 11.6 Å². The Balaban J connectivity index is 2.38. The molecule has 0 spiro atoms. The number of ether oxygens (including phenoxy) is 1. The first kappa shape index (κ1) is 11.6. The third kappa shape index (κ3) is 2.02. The number of anilines is 1. The first-order valence-corrected chi connectivity index (χ1v) is 5.42. The highest BCUT2D eigenvalue weighted by Gasteiger charge is 2.31. The van der Waals surface area contributed by atoms with Gasteiger partial charge in [0.2, 0.25) is 5.91 Å². The summed E-state index contributed by atoms with van der Waals surface area (Å²) in [4.78, 5) is 13.4. The van der Waals surface area contributed by atoms with Crippen LogP contribution in [-0.2, 0) is 4.79 Å². The summed E-state index contributed by atoms with van der Waals surface area (Å²) in [5.74, 6) is -0.250. The van der Waals surface area contributed by atoms with Gasteiger partial charge in [0.25, 0.3) is 0 Å². The van der Waals surface area contributed by atoms with Crippen LogP contribution in [0, 0.1) is 11.7 Å². The molecule has 17 heavy (non-hydrogen) atoms. The molecule has 0 aliphatic carbocycles. The summed E-state index contributed by atoms with van der Waals surface area (Å²) in [7, 11) is 1.40. The van der Waals surface area contributed by atoms with Crippen molar-refractivity contribution in [1.29, 1.82) is 0 Å². The molecule has 1 heterocycles. The molecule has 4 heteroatoms. The lowest BCUT2D eigenvalue weighted by molar-refractivity contribution is -0.117. The number of rotatable bonds is 3. The largest absolute Gasteiger partial charge is 0.492 e. The van der Waals surface area contributed by atoms with E-state index in [2.05, 4.69) is 6.58 Å². The molecule has 1 aliphatic rings. The fourth-order valence-electron chi connectivity index (χ4n) is 2.04. The number of methoxy groups -OCH3 is 1. The fourth-order valence-corrected chi connectivity index (χ4v) is 2.04. The fraction of sp³-hybridized carbons (Fsp3) is 0.308. The maximum absolute atomic E-state index is 13.5. The minimum Gasteiger partial charge on any atom is -0.492 e. The summed E-state index contributed by atoms with van der Waals surface area (Å²) in [6, 6.07) is 4.57. The van der Waals surface area contributed by atoms with Crippen LogP contribution in [0.2, 0.25) is 0 Å². The summed E-state index contributed by atoms with van der Waals surface area (Å²) < 4.78 is 18.5. The molecule has 1 fully saturated rings. The lowest BCUT2D eigenvalue weighted by Crippen LogP contribution is -2.25. The van der Waals surface area contributed by atoms with Crippen molar-refractivity contribution in [2.24, 2.45) is 5.92 Å². The zero-order chi connectivity index (χ0) is 12.4. The molecule has 1 aromatic rings. The number of para-hydroxylation sites is 1. The number of amides is 1. The van der Waals surface area contributed by atoms with Crippen molar-refractivity contribution in [3.8, 4) is 5.75 Å². The minimum absolute atomic E-state index is 0.0289. The van der Waals surface area contributed by atoms with Gasteiger partial charge in [-0.3, -0.25) is 4.79 Å². The Morgan fingerprint density at radius 3 is 2.94 bits per heavy atom. The molecule has 1 unspecified atom stereocenters. The number of benzene rings is 1. The molecule has 1 amide bonds. The molecule has 1 aromatic carbocycles. The highest BCUT2D eigenvalue weighted by atomic mass is 19.1. The quantitative estimate of drug-likeness (QED) is 0.753. The SMILES string of the molecule is C=CC1CC(=O)N(c2cccc(F)c2OC)C1. The Bertz CT molecular complexity index is 459. The predicted octanol–water partition coefficient (Wildman–Crippen LogP) is 2.37. The molecule has 1 aliphatic heterocycles. The standard InChI is InChI=1S/C13H14FNO2/c1-3-9-7-12(16)15(8-9)11-6-4-5-10(14)13(11)17-2/h3-6,9H,1,7-8H2,2H3. The van der Waals surface area contributed by atoms with E-state index in [1.165, 1.54) is 13.2 Å². The van der Waals surface area contributed by atoms with Gasteiger partial charge in [-0.25, -0.2) is 4.39 Å². The van der Waals surface area contributed by atoms with E-state index in [0.29, 0.717) is 18.7 Å². The predicted molar refractivity (Wildman–Crippen MR) is 63.6 cm³/mol. The van der Waals surface area contributed by atoms with Gasteiger partial charge in [-0.2, -0.15) is 0 Å². The smallest absolute Gasteiger partial charge is 0.227 e. The van der Waals surface area contributed by atoms with Crippen LogP contribution in [0.5, 0.6) is 5.75 Å². The lowest BCUT2D eigenvalue weighted by atomic mass is 10.1. The van der Waals surface area contributed by atoms with E-state index in [9.17, 15) is 9.18 Å². The second kappa shape index (κ2) is 4.57. The highest BCUT2D eigenvalue weighted by Crippen LogP contribution is 2.34. The van der Waals surface area contributed by atoms with E-state index in [0.717, 1.165) is 0 Å². The number of carbonyl (C=O) groups excluding carboxylic acids is 1. The topological polar surface area (TPSA) is 29.5 Å². The maximum atomic E-state index is 13.5. The van der Waals surface area contributed by atoms with E-state index in [-0.39, 0.29) is 17.6 Å². The first-order chi connectivity index (χ1) is 8.17. The molecule has 0 radical (unpaired) electrons. The summed E-state index contributed by atoms with van der Waals surface area (Å²) in [5, 5.41) is 0. The van der Waals surface area contributed by atoms with Gasteiger partial charge < -0.3 is 9.64 Å². The average molecular weight is 235 g/mol. The second-order valence-corrected chi connectivity index (χ2v) is 4.00. The van der Waals surface area contributed by atoms with Crippen LogP contribution in [-0.4, -0.2) is 19.6 Å². The third-order valence-corrected chi connectivity index (χ3v) is 2.93. The Labute approximate surface area is 99.5 Å². The summed E-state index contributed by atoms with van der Waals surface area (Å²) >= 11 is 0. The van der Waals surface area contributed by atoms with E-state index in [1.54, 1.807) is 23.1 Å². The molecule has 0 aromatic heterocycles. The number of halogens is 1. The number of carbonyl (C=O) groups is 1. The normalized spacial score (nSPS) is 19.5. The van der Waals surface area contributed by atoms with Crippen molar-refractivity contribution in [3.05, 3.63) is 36.7 Å². The van der Waals surface area contributed by atoms with Gasteiger partial charge in [-0.05, 0) is 12.1 Å². The van der Waals surface area contributed by atoms with Gasteiger partial charge in [-0.15, -0.1) is 6.58 Å². The molecule has 1 atom stereocenters. The highest BCUT2D eigenvalue weighted by molar-refractivity contribution is 5.97. The molecule has 90 valence electrons. The molecule has 0 saturated carbocycles. The zero-order valence-electron chi connectivity index (χ0n) is 9.65. The second-order valence-electron chi connectivity index (χ2n) is 4.00. The minimum atomic E-state index is -0.458. The van der Waals surface area contributed by atoms with E-state index >= 15 is 0 Å². The Kier molecular flexibility index (Phi) is 3.13. The molecule has 1 saturated heterocycles. The van der Waals surface area contributed by atoms with Gasteiger partial charge in [0.05, 0.1) is 12.8 Å². The van der Waals surface area contributed by atoms with Crippen LogP contribution in [0.4, 0.5) is 10.1 Å². The molecular formula is C13H14FNO2. The van der Waals surface area contributed by atoms with Crippen molar-refractivity contribution < 1.29 is 13.9 Å². The number of nitrogens with zero attached hydrogens (tertiary/aromatic N) is 1. The van der Waals surface area contributed by atoms with Gasteiger partial charge in [0, 0.05) is 18.9 Å². The Morgan fingerprint density at radius 1 is 1.59 bits per heavy atom. The Hall–Kier alpha value is -1.84. The number of hydrogen-bond acceptors (Lipinski definition) is 2. The summed E-state index contributed by atoms with van der Waals surface area (Å²) in [6.07, 6.45) is 2.17. The average Bonchev–Trinajstić information content (AvgIpc) is 2.70. The lowest BCUT2D eigenvalue weighted by Gasteiger charge is -2.19. The van der Waals surface area contributed by atoms with Crippen LogP contribution in [0.15, 0.2) is 30.9 Å². The van der Waals surface area contributed by atoms with Gasteiger partial charge >= 0.3 is 0 Å². The third-order valence-electron chi connectivity index (χ3n) is 2.93. The van der Waals surface area contributed by atoms with Crippen molar-refractivity contribution in [1.82, 2.24) is 0 Å². The summed E-state index contributed by atoms with van der Waals surface area (Å²) in [6.45, 7) is 4.21. The van der Waals surface area contributed by atoms with Crippen molar-refractivity contribution in [2.75, 3.05) is 18.6 Å². The molecule has 0 N–H and O–H groups in total. The van der Waals surface area contributed by atoms with E-state index in [4.69, 9.17) is 4.74 Å². The molecule has 2 rings (SSSR count). The van der Waals surface area contributed by atoms with Crippen LogP contribution in [0.1, 0.15) is 6.42 Å². The monoisotopic (exact) mass is 235 g/mol. The number of hydrogen-bond donors (Lipinski definition) is 0. The maximum Gasteiger partial charge on any atom is 0.227 e. The summed E-state index contributed by atoms with van der Waals surface area (Å²) in [5.41, 5.74) is 0.488. The van der Waals surface area contributed by atoms with E-state index < -0.39 is 5.82 Å². The van der Waals surface area contributed by atoms with Gasteiger partial charge in [-0.1, -0.05) is 12.1 Å². The molecule has 0 bridgehead atoms. The Morgan fingerprint density at radius 2 is 2.35 bits per heavy atom. The van der Waals surface area contributed by atoms with Crippen LogP contribution < -0.4 is 9.64 Å². The molecule has 3 nitrogen and oxygen atoms in total. The van der Waals surface area contributed by atoms with Crippen molar-refractivity contribution in [2.45, 2.75) is 6.42 Å². The van der Waals surface area contributed by atoms with Crippen molar-refractivity contribution in [3.63, 3.8) is 0 Å². The van der Waals surface area contributed by atoms with Gasteiger partial charge in [0.1, 0.15) is 0 Å². The van der Waals surface area contributed by atoms with E-state index in [1.807, 2.05) is 0 Å². The first-order valence-electron chi connectivity index (χ1n) is 5.42. The van der Waals surface area contributed by atoms with Gasteiger partial charge in [0.15, 0.2) is 11.6 Å². The van der Waals surface area contributed by atoms with Crippen LogP contribution in [0.3, 0.4) is 0 Å².